The van der Waals surface area contributed by atoms with Gasteiger partial charge >= 0.3 is 0 Å². The fraction of sp³-hybridized carbons (Fsp3) is 1.00. The Morgan fingerprint density at radius 3 is 3.18 bits per heavy atom. The Balaban J connectivity index is 2.25. The summed E-state index contributed by atoms with van der Waals surface area (Å²) < 4.78 is 5.31. The van der Waals surface area contributed by atoms with E-state index < -0.39 is 0 Å². The SMILES string of the molecule is CCN1NN=NC1OCCBr. The van der Waals surface area contributed by atoms with E-state index in [1.165, 1.54) is 0 Å². The molecule has 0 radical (unpaired) electrons. The van der Waals surface area contributed by atoms with Crippen LogP contribution in [-0.2, 0) is 4.74 Å². The van der Waals surface area contributed by atoms with Crippen molar-refractivity contribution in [3.05, 3.63) is 0 Å². The molecule has 6 heteroatoms. The maximum Gasteiger partial charge on any atom is 0.246 e. The summed E-state index contributed by atoms with van der Waals surface area (Å²) in [6.07, 6.45) is -0.252. The highest BCUT2D eigenvalue weighted by Crippen LogP contribution is 2.06. The van der Waals surface area contributed by atoms with Crippen LogP contribution in [0.4, 0.5) is 0 Å². The lowest BCUT2D eigenvalue weighted by atomic mass is 10.7. The van der Waals surface area contributed by atoms with Gasteiger partial charge in [0.1, 0.15) is 0 Å². The lowest BCUT2D eigenvalue weighted by molar-refractivity contribution is -0.0480. The zero-order valence-electron chi connectivity index (χ0n) is 6.33. The van der Waals surface area contributed by atoms with Crippen molar-refractivity contribution in [1.82, 2.24) is 10.5 Å². The molecule has 11 heavy (non-hydrogen) atoms. The van der Waals surface area contributed by atoms with Gasteiger partial charge in [0.25, 0.3) is 0 Å². The number of halogens is 1. The quantitative estimate of drug-likeness (QED) is 0.720. The predicted octanol–water partition coefficient (Wildman–Crippen LogP) is 0.889. The van der Waals surface area contributed by atoms with Crippen LogP contribution in [0.2, 0.25) is 0 Å². The van der Waals surface area contributed by atoms with E-state index in [0.717, 1.165) is 11.9 Å². The van der Waals surface area contributed by atoms with E-state index in [9.17, 15) is 0 Å². The average molecular weight is 223 g/mol. The molecule has 0 fully saturated rings. The fourth-order valence-corrected chi connectivity index (χ4v) is 0.931. The first-order valence-electron chi connectivity index (χ1n) is 3.48. The third kappa shape index (κ3) is 2.39. The summed E-state index contributed by atoms with van der Waals surface area (Å²) in [5, 5.41) is 10.1. The second-order valence-electron chi connectivity index (χ2n) is 1.99. The van der Waals surface area contributed by atoms with E-state index in [1.54, 1.807) is 0 Å². The normalized spacial score (nSPS) is 24.0. The third-order valence-electron chi connectivity index (χ3n) is 1.28. The molecule has 1 N–H and O–H groups in total. The highest BCUT2D eigenvalue weighted by Gasteiger charge is 2.20. The molecule has 1 rings (SSSR count). The van der Waals surface area contributed by atoms with Crippen molar-refractivity contribution in [2.45, 2.75) is 13.3 Å². The molecule has 1 aliphatic heterocycles. The molecule has 5 nitrogen and oxygen atoms in total. The zero-order valence-corrected chi connectivity index (χ0v) is 7.91. The van der Waals surface area contributed by atoms with Crippen molar-refractivity contribution in [2.24, 2.45) is 10.3 Å². The largest absolute Gasteiger partial charge is 0.340 e. The second-order valence-corrected chi connectivity index (χ2v) is 2.78. The second kappa shape index (κ2) is 4.63. The molecule has 1 heterocycles. The van der Waals surface area contributed by atoms with Gasteiger partial charge in [0.05, 0.1) is 6.61 Å². The molecule has 0 saturated carbocycles. The minimum absolute atomic E-state index is 0.252. The van der Waals surface area contributed by atoms with Gasteiger partial charge in [-0.3, -0.25) is 0 Å². The molecule has 0 amide bonds. The lowest BCUT2D eigenvalue weighted by Gasteiger charge is -2.17. The lowest BCUT2D eigenvalue weighted by Crippen LogP contribution is -2.38. The molecule has 0 spiro atoms. The van der Waals surface area contributed by atoms with Crippen molar-refractivity contribution < 1.29 is 4.74 Å². The van der Waals surface area contributed by atoms with Gasteiger partial charge in [-0.15, -0.1) is 5.11 Å². The fourth-order valence-electron chi connectivity index (χ4n) is 0.745. The van der Waals surface area contributed by atoms with Crippen LogP contribution >= 0.6 is 15.9 Å². The van der Waals surface area contributed by atoms with Crippen molar-refractivity contribution in [3.63, 3.8) is 0 Å². The van der Waals surface area contributed by atoms with Crippen molar-refractivity contribution in [3.8, 4) is 0 Å². The minimum atomic E-state index is -0.252. The number of hydrogen-bond acceptors (Lipinski definition) is 5. The molecule has 0 aromatic heterocycles. The molecule has 0 saturated heterocycles. The summed E-state index contributed by atoms with van der Waals surface area (Å²) in [4.78, 5) is 0. The first-order chi connectivity index (χ1) is 5.38. The maximum absolute atomic E-state index is 5.31. The molecule has 1 unspecified atom stereocenters. The van der Waals surface area contributed by atoms with Crippen molar-refractivity contribution in [1.29, 1.82) is 0 Å². The summed E-state index contributed by atoms with van der Waals surface area (Å²) >= 11 is 3.26. The van der Waals surface area contributed by atoms with Crippen molar-refractivity contribution >= 4 is 15.9 Å². The number of ether oxygens (including phenoxy) is 1. The Bertz CT molecular complexity index is 142. The van der Waals surface area contributed by atoms with E-state index in [0.29, 0.717) is 6.61 Å². The van der Waals surface area contributed by atoms with E-state index >= 15 is 0 Å². The van der Waals surface area contributed by atoms with Crippen LogP contribution in [0.25, 0.3) is 0 Å². The van der Waals surface area contributed by atoms with Gasteiger partial charge < -0.3 is 4.74 Å². The van der Waals surface area contributed by atoms with Gasteiger partial charge in [-0.2, -0.15) is 5.01 Å². The van der Waals surface area contributed by atoms with Crippen LogP contribution in [0.1, 0.15) is 6.92 Å². The Hall–Kier alpha value is -0.200. The molecule has 0 bridgehead atoms. The highest BCUT2D eigenvalue weighted by molar-refractivity contribution is 9.09. The number of hydrazine groups is 1. The Morgan fingerprint density at radius 1 is 1.73 bits per heavy atom. The van der Waals surface area contributed by atoms with Crippen LogP contribution in [-0.4, -0.2) is 29.8 Å². The Labute approximate surface area is 73.9 Å². The molecular weight excluding hydrogens is 212 g/mol. The smallest absolute Gasteiger partial charge is 0.246 e. The zero-order chi connectivity index (χ0) is 8.10. The molecule has 1 aliphatic rings. The predicted molar refractivity (Wildman–Crippen MR) is 43.9 cm³/mol. The van der Waals surface area contributed by atoms with Crippen LogP contribution in [0, 0.1) is 0 Å². The standard InChI is InChI=1S/C5H11BrN4O/c1-2-10-5(7-8-9-10)11-4-3-6/h5H,2-4H2,1H3,(H,7,9). The monoisotopic (exact) mass is 222 g/mol. The first kappa shape index (κ1) is 8.89. The Morgan fingerprint density at radius 2 is 2.55 bits per heavy atom. The highest BCUT2D eigenvalue weighted by atomic mass is 79.9. The van der Waals surface area contributed by atoms with E-state index in [1.807, 2.05) is 11.9 Å². The molecule has 0 aromatic rings. The minimum Gasteiger partial charge on any atom is -0.340 e. The molecule has 0 aromatic carbocycles. The van der Waals surface area contributed by atoms with Crippen LogP contribution < -0.4 is 5.53 Å². The van der Waals surface area contributed by atoms with Gasteiger partial charge in [-0.1, -0.05) is 28.1 Å². The number of hydrogen-bond donors (Lipinski definition) is 1. The number of nitrogens with one attached hydrogen (secondary N) is 1. The molecule has 0 aliphatic carbocycles. The maximum atomic E-state index is 5.31. The van der Waals surface area contributed by atoms with Crippen LogP contribution in [0.5, 0.6) is 0 Å². The summed E-state index contributed by atoms with van der Waals surface area (Å²) in [5.74, 6) is 0. The number of rotatable bonds is 4. The average Bonchev–Trinajstić information content (AvgIpc) is 2.47. The summed E-state index contributed by atoms with van der Waals surface area (Å²) in [6.45, 7) is 3.47. The Kier molecular flexibility index (Phi) is 3.74. The molecule has 1 atom stereocenters. The first-order valence-corrected chi connectivity index (χ1v) is 4.60. The van der Waals surface area contributed by atoms with Crippen LogP contribution in [0.15, 0.2) is 10.3 Å². The van der Waals surface area contributed by atoms with E-state index in [4.69, 9.17) is 4.74 Å². The van der Waals surface area contributed by atoms with Gasteiger partial charge in [-0.05, 0) is 0 Å². The summed E-state index contributed by atoms with van der Waals surface area (Å²) in [7, 11) is 0. The van der Waals surface area contributed by atoms with Gasteiger partial charge in [0.2, 0.25) is 6.35 Å². The van der Waals surface area contributed by atoms with Crippen LogP contribution in [0.3, 0.4) is 0 Å². The van der Waals surface area contributed by atoms with E-state index in [-0.39, 0.29) is 6.35 Å². The van der Waals surface area contributed by atoms with Gasteiger partial charge in [0.15, 0.2) is 0 Å². The summed E-state index contributed by atoms with van der Waals surface area (Å²) in [5.41, 5.74) is 2.72. The molecule has 64 valence electrons. The number of alkyl halides is 1. The summed E-state index contributed by atoms with van der Waals surface area (Å²) in [6, 6.07) is 0. The molecular formula is C5H11BrN4O. The third-order valence-corrected chi connectivity index (χ3v) is 1.60. The van der Waals surface area contributed by atoms with Gasteiger partial charge in [-0.25, -0.2) is 5.53 Å². The van der Waals surface area contributed by atoms with Gasteiger partial charge in [0, 0.05) is 11.9 Å². The topological polar surface area (TPSA) is 49.2 Å². The number of nitrogens with zero attached hydrogens (tertiary/aromatic N) is 3. The van der Waals surface area contributed by atoms with Crippen molar-refractivity contribution in [2.75, 3.05) is 18.5 Å². The van der Waals surface area contributed by atoms with E-state index in [2.05, 4.69) is 31.8 Å².